The van der Waals surface area contributed by atoms with Gasteiger partial charge in [0.25, 0.3) is 5.91 Å². The van der Waals surface area contributed by atoms with Crippen molar-refractivity contribution >= 4 is 23.4 Å². The van der Waals surface area contributed by atoms with E-state index in [-0.39, 0.29) is 18.2 Å². The van der Waals surface area contributed by atoms with E-state index >= 15 is 0 Å². The van der Waals surface area contributed by atoms with E-state index in [0.717, 1.165) is 11.3 Å². The quantitative estimate of drug-likeness (QED) is 0.721. The van der Waals surface area contributed by atoms with Gasteiger partial charge in [-0.2, -0.15) is 0 Å². The lowest BCUT2D eigenvalue weighted by Gasteiger charge is -2.14. The van der Waals surface area contributed by atoms with Gasteiger partial charge in [-0.15, -0.1) is 0 Å². The van der Waals surface area contributed by atoms with Gasteiger partial charge in [0, 0.05) is 6.54 Å². The standard InChI is InChI=1S/C20H21N3O4/c1-27-14-8-6-13(7-9-14)10-11-21-18(24)12-17-20(26)22-16-5-3-2-4-15(16)19(25)23-17/h2-9,17H,10-12H2,1H3,(H,21,24)(H,22,26)(H,23,25)/t17-/m0/s1. The third-order valence-electron chi connectivity index (χ3n) is 4.34. The minimum absolute atomic E-state index is 0.117. The second-order valence-corrected chi connectivity index (χ2v) is 6.21. The number of nitrogens with one attached hydrogen (secondary N) is 3. The number of fused-ring (bicyclic) bond motifs is 1. The third-order valence-corrected chi connectivity index (χ3v) is 4.34. The van der Waals surface area contributed by atoms with E-state index in [2.05, 4.69) is 16.0 Å². The third kappa shape index (κ3) is 4.63. The molecule has 2 aromatic rings. The molecule has 0 saturated heterocycles. The minimum atomic E-state index is -0.911. The number of hydrogen-bond acceptors (Lipinski definition) is 4. The van der Waals surface area contributed by atoms with Crippen LogP contribution in [0.5, 0.6) is 5.75 Å². The van der Waals surface area contributed by atoms with Crippen molar-refractivity contribution in [1.82, 2.24) is 10.6 Å². The smallest absolute Gasteiger partial charge is 0.254 e. The molecule has 27 heavy (non-hydrogen) atoms. The normalized spacial score (nSPS) is 15.8. The Hall–Kier alpha value is -3.35. The molecule has 2 aromatic carbocycles. The average Bonchev–Trinajstić information content (AvgIpc) is 2.79. The molecule has 0 aliphatic carbocycles. The molecule has 3 N–H and O–H groups in total. The molecule has 7 heteroatoms. The molecule has 1 aliphatic heterocycles. The summed E-state index contributed by atoms with van der Waals surface area (Å²) >= 11 is 0. The number of amides is 3. The largest absolute Gasteiger partial charge is 0.497 e. The summed E-state index contributed by atoms with van der Waals surface area (Å²) in [7, 11) is 1.61. The number of rotatable bonds is 6. The first-order valence-electron chi connectivity index (χ1n) is 8.67. The highest BCUT2D eigenvalue weighted by atomic mass is 16.5. The minimum Gasteiger partial charge on any atom is -0.497 e. The van der Waals surface area contributed by atoms with E-state index in [1.54, 1.807) is 31.4 Å². The van der Waals surface area contributed by atoms with Gasteiger partial charge in [0.2, 0.25) is 11.8 Å². The molecule has 1 atom stereocenters. The summed E-state index contributed by atoms with van der Waals surface area (Å²) in [5, 5.41) is 8.08. The van der Waals surface area contributed by atoms with Crippen LogP contribution >= 0.6 is 0 Å². The highest BCUT2D eigenvalue weighted by molar-refractivity contribution is 6.10. The first-order chi connectivity index (χ1) is 13.1. The van der Waals surface area contributed by atoms with Crippen LogP contribution in [-0.2, 0) is 16.0 Å². The van der Waals surface area contributed by atoms with Crippen LogP contribution in [0.2, 0.25) is 0 Å². The fraction of sp³-hybridized carbons (Fsp3) is 0.250. The van der Waals surface area contributed by atoms with Crippen LogP contribution in [0.4, 0.5) is 5.69 Å². The van der Waals surface area contributed by atoms with Crippen LogP contribution in [0.25, 0.3) is 0 Å². The molecule has 3 amide bonds. The zero-order valence-corrected chi connectivity index (χ0v) is 15.0. The lowest BCUT2D eigenvalue weighted by molar-refractivity contribution is -0.125. The molecular weight excluding hydrogens is 346 g/mol. The number of para-hydroxylation sites is 1. The molecular formula is C20H21N3O4. The van der Waals surface area contributed by atoms with Crippen LogP contribution in [0.1, 0.15) is 22.3 Å². The topological polar surface area (TPSA) is 96.5 Å². The Bertz CT molecular complexity index is 849. The van der Waals surface area contributed by atoms with E-state index in [4.69, 9.17) is 4.74 Å². The van der Waals surface area contributed by atoms with Gasteiger partial charge >= 0.3 is 0 Å². The Morgan fingerprint density at radius 2 is 1.85 bits per heavy atom. The number of hydrogen-bond donors (Lipinski definition) is 3. The Morgan fingerprint density at radius 3 is 2.59 bits per heavy atom. The Balaban J connectivity index is 1.51. The van der Waals surface area contributed by atoms with Crippen LogP contribution < -0.4 is 20.7 Å². The van der Waals surface area contributed by atoms with Gasteiger partial charge in [0.15, 0.2) is 0 Å². The Morgan fingerprint density at radius 1 is 1.11 bits per heavy atom. The summed E-state index contributed by atoms with van der Waals surface area (Å²) in [6.07, 6.45) is 0.540. The van der Waals surface area contributed by atoms with Crippen LogP contribution in [0.15, 0.2) is 48.5 Å². The first kappa shape index (κ1) is 18.4. The van der Waals surface area contributed by atoms with Crippen molar-refractivity contribution in [2.75, 3.05) is 19.0 Å². The molecule has 0 unspecified atom stereocenters. The zero-order valence-electron chi connectivity index (χ0n) is 15.0. The molecule has 0 radical (unpaired) electrons. The van der Waals surface area contributed by atoms with Crippen molar-refractivity contribution in [1.29, 1.82) is 0 Å². The first-order valence-corrected chi connectivity index (χ1v) is 8.67. The molecule has 0 fully saturated rings. The molecule has 1 aliphatic rings. The summed E-state index contributed by atoms with van der Waals surface area (Å²) in [6, 6.07) is 13.4. The van der Waals surface area contributed by atoms with E-state index in [0.29, 0.717) is 24.2 Å². The van der Waals surface area contributed by atoms with Crippen molar-refractivity contribution in [2.45, 2.75) is 18.9 Å². The lowest BCUT2D eigenvalue weighted by Crippen LogP contribution is -2.44. The van der Waals surface area contributed by atoms with E-state index in [9.17, 15) is 14.4 Å². The van der Waals surface area contributed by atoms with Gasteiger partial charge in [-0.1, -0.05) is 24.3 Å². The van der Waals surface area contributed by atoms with Crippen LogP contribution in [0.3, 0.4) is 0 Å². The van der Waals surface area contributed by atoms with Crippen molar-refractivity contribution in [3.05, 3.63) is 59.7 Å². The number of carbonyl (C=O) groups is 3. The van der Waals surface area contributed by atoms with Gasteiger partial charge in [0.1, 0.15) is 11.8 Å². The highest BCUT2D eigenvalue weighted by Crippen LogP contribution is 2.18. The van der Waals surface area contributed by atoms with Crippen molar-refractivity contribution < 1.29 is 19.1 Å². The van der Waals surface area contributed by atoms with Crippen LogP contribution in [0, 0.1) is 0 Å². The van der Waals surface area contributed by atoms with Crippen molar-refractivity contribution in [3.8, 4) is 5.75 Å². The van der Waals surface area contributed by atoms with E-state index < -0.39 is 11.9 Å². The Kier molecular flexibility index (Phi) is 5.71. The zero-order chi connectivity index (χ0) is 19.2. The number of anilines is 1. The molecule has 0 spiro atoms. The predicted molar refractivity (Wildman–Crippen MR) is 101 cm³/mol. The molecule has 0 bridgehead atoms. The fourth-order valence-corrected chi connectivity index (χ4v) is 2.85. The second-order valence-electron chi connectivity index (χ2n) is 6.21. The SMILES string of the molecule is COc1ccc(CCNC(=O)C[C@@H]2NC(=O)c3ccccc3NC2=O)cc1. The summed E-state index contributed by atoms with van der Waals surface area (Å²) in [5.41, 5.74) is 1.89. The summed E-state index contributed by atoms with van der Waals surface area (Å²) in [4.78, 5) is 36.7. The molecule has 3 rings (SSSR count). The summed E-state index contributed by atoms with van der Waals surface area (Å²) < 4.78 is 5.11. The van der Waals surface area contributed by atoms with E-state index in [1.807, 2.05) is 24.3 Å². The molecule has 0 saturated carbocycles. The van der Waals surface area contributed by atoms with E-state index in [1.165, 1.54) is 0 Å². The maximum absolute atomic E-state index is 12.3. The van der Waals surface area contributed by atoms with Gasteiger partial charge in [-0.25, -0.2) is 0 Å². The monoisotopic (exact) mass is 367 g/mol. The molecule has 0 aromatic heterocycles. The van der Waals surface area contributed by atoms with Gasteiger partial charge in [0.05, 0.1) is 24.8 Å². The average molecular weight is 367 g/mol. The highest BCUT2D eigenvalue weighted by Gasteiger charge is 2.29. The fourth-order valence-electron chi connectivity index (χ4n) is 2.85. The second kappa shape index (κ2) is 8.35. The van der Waals surface area contributed by atoms with Gasteiger partial charge < -0.3 is 20.7 Å². The summed E-state index contributed by atoms with van der Waals surface area (Å²) in [6.45, 7) is 0.438. The van der Waals surface area contributed by atoms with Gasteiger partial charge in [-0.3, -0.25) is 14.4 Å². The molecule has 7 nitrogen and oxygen atoms in total. The number of methoxy groups -OCH3 is 1. The summed E-state index contributed by atoms with van der Waals surface area (Å²) in [5.74, 6) is -0.299. The molecule has 140 valence electrons. The maximum Gasteiger partial charge on any atom is 0.254 e. The lowest BCUT2D eigenvalue weighted by atomic mass is 10.1. The van der Waals surface area contributed by atoms with Crippen LogP contribution in [-0.4, -0.2) is 37.4 Å². The van der Waals surface area contributed by atoms with Gasteiger partial charge in [-0.05, 0) is 36.2 Å². The molecule has 1 heterocycles. The predicted octanol–water partition coefficient (Wildman–Crippen LogP) is 1.49. The van der Waals surface area contributed by atoms with Crippen molar-refractivity contribution in [3.63, 3.8) is 0 Å². The number of ether oxygens (including phenoxy) is 1. The van der Waals surface area contributed by atoms with Crippen molar-refractivity contribution in [2.24, 2.45) is 0 Å². The maximum atomic E-state index is 12.3. The Labute approximate surface area is 157 Å². The number of carbonyl (C=O) groups excluding carboxylic acids is 3. The number of benzene rings is 2.